The minimum Gasteiger partial charge on any atom is -0.392 e. The summed E-state index contributed by atoms with van der Waals surface area (Å²) in [6, 6.07) is 5.16. The molecule has 1 aromatic carbocycles. The Morgan fingerprint density at radius 2 is 2.06 bits per heavy atom. The summed E-state index contributed by atoms with van der Waals surface area (Å²) in [7, 11) is 1.68. The van der Waals surface area contributed by atoms with E-state index in [4.69, 9.17) is 18.0 Å². The van der Waals surface area contributed by atoms with Gasteiger partial charge in [-0.25, -0.2) is 0 Å². The summed E-state index contributed by atoms with van der Waals surface area (Å²) in [5.41, 5.74) is 6.11. The van der Waals surface area contributed by atoms with Crippen molar-refractivity contribution in [2.75, 3.05) is 7.05 Å². The zero-order chi connectivity index (χ0) is 13.2. The number of rotatable bonds is 3. The molecule has 0 aliphatic carbocycles. The van der Waals surface area contributed by atoms with Crippen molar-refractivity contribution in [1.82, 2.24) is 4.90 Å². The Hall–Kier alpha value is -0.460. The second kappa shape index (κ2) is 5.93. The highest BCUT2D eigenvalue weighted by atomic mass is 79.9. The molecule has 0 heterocycles. The molecule has 92 valence electrons. The van der Waals surface area contributed by atoms with Crippen molar-refractivity contribution in [2.45, 2.75) is 13.0 Å². The van der Waals surface area contributed by atoms with Gasteiger partial charge in [-0.2, -0.15) is 0 Å². The van der Waals surface area contributed by atoms with Crippen LogP contribution >= 0.6 is 44.1 Å². The molecule has 0 bridgehead atoms. The monoisotopic (exact) mass is 378 g/mol. The van der Waals surface area contributed by atoms with E-state index in [2.05, 4.69) is 31.9 Å². The Morgan fingerprint density at radius 3 is 2.59 bits per heavy atom. The number of nitrogens with two attached hydrogens (primary N) is 1. The zero-order valence-electron chi connectivity index (χ0n) is 9.41. The molecule has 1 rings (SSSR count). The van der Waals surface area contributed by atoms with Gasteiger partial charge in [-0.15, -0.1) is 0 Å². The number of benzene rings is 1. The highest BCUT2D eigenvalue weighted by molar-refractivity contribution is 9.11. The van der Waals surface area contributed by atoms with Gasteiger partial charge in [0, 0.05) is 16.0 Å². The van der Waals surface area contributed by atoms with Gasteiger partial charge in [0.1, 0.15) is 0 Å². The molecule has 0 spiro atoms. The number of amides is 1. The molecule has 0 aliphatic rings. The van der Waals surface area contributed by atoms with Crippen molar-refractivity contribution >= 4 is 55.0 Å². The number of hydrogen-bond donors (Lipinski definition) is 1. The molecule has 0 aromatic heterocycles. The first kappa shape index (κ1) is 14.6. The first-order valence-electron chi connectivity index (χ1n) is 4.86. The Kier molecular flexibility index (Phi) is 5.09. The van der Waals surface area contributed by atoms with Crippen LogP contribution in [0.1, 0.15) is 17.3 Å². The van der Waals surface area contributed by atoms with Crippen molar-refractivity contribution in [1.29, 1.82) is 0 Å². The van der Waals surface area contributed by atoms with E-state index in [0.29, 0.717) is 10.6 Å². The van der Waals surface area contributed by atoms with E-state index in [-0.39, 0.29) is 11.9 Å². The number of hydrogen-bond acceptors (Lipinski definition) is 2. The van der Waals surface area contributed by atoms with Crippen LogP contribution in [0.25, 0.3) is 0 Å². The van der Waals surface area contributed by atoms with Gasteiger partial charge < -0.3 is 10.6 Å². The summed E-state index contributed by atoms with van der Waals surface area (Å²) in [6.07, 6.45) is 0. The average Bonchev–Trinajstić information content (AvgIpc) is 2.29. The average molecular weight is 380 g/mol. The largest absolute Gasteiger partial charge is 0.392 e. The molecular formula is C11H12Br2N2OS. The summed E-state index contributed by atoms with van der Waals surface area (Å²) in [5.74, 6) is -0.126. The lowest BCUT2D eigenvalue weighted by Gasteiger charge is -2.24. The van der Waals surface area contributed by atoms with Gasteiger partial charge in [0.15, 0.2) is 0 Å². The van der Waals surface area contributed by atoms with Crippen LogP contribution in [0.3, 0.4) is 0 Å². The number of thiocarbonyl (C=S) groups is 1. The van der Waals surface area contributed by atoms with Crippen LogP contribution in [0.4, 0.5) is 0 Å². The van der Waals surface area contributed by atoms with Crippen LogP contribution in [0.2, 0.25) is 0 Å². The Morgan fingerprint density at radius 1 is 1.47 bits per heavy atom. The van der Waals surface area contributed by atoms with Gasteiger partial charge in [0.2, 0.25) is 0 Å². The fourth-order valence-electron chi connectivity index (χ4n) is 1.22. The number of halogens is 2. The maximum absolute atomic E-state index is 12.2. The predicted molar refractivity (Wildman–Crippen MR) is 80.2 cm³/mol. The maximum Gasteiger partial charge on any atom is 0.255 e. The Balaban J connectivity index is 3.04. The number of likely N-dealkylation sites (N-methyl/N-ethyl adjacent to an activating group) is 1. The molecule has 3 nitrogen and oxygen atoms in total. The molecule has 0 radical (unpaired) electrons. The minimum absolute atomic E-state index is 0.126. The fourth-order valence-corrected chi connectivity index (χ4v) is 2.15. The lowest BCUT2D eigenvalue weighted by atomic mass is 10.2. The zero-order valence-corrected chi connectivity index (χ0v) is 13.4. The normalized spacial score (nSPS) is 12.0. The molecule has 1 aromatic rings. The fraction of sp³-hybridized carbons (Fsp3) is 0.273. The molecule has 0 saturated carbocycles. The number of carbonyl (C=O) groups excluding carboxylic acids is 1. The second-order valence-corrected chi connectivity index (χ2v) is 5.86. The summed E-state index contributed by atoms with van der Waals surface area (Å²) in [4.78, 5) is 14.0. The molecule has 2 N–H and O–H groups in total. The van der Waals surface area contributed by atoms with Crippen LogP contribution < -0.4 is 5.73 Å². The van der Waals surface area contributed by atoms with E-state index in [9.17, 15) is 4.79 Å². The molecule has 0 fully saturated rings. The number of carbonyl (C=O) groups is 1. The molecule has 1 amide bonds. The van der Waals surface area contributed by atoms with Crippen molar-refractivity contribution in [2.24, 2.45) is 5.73 Å². The minimum atomic E-state index is -0.275. The third-order valence-corrected chi connectivity index (χ3v) is 4.00. The topological polar surface area (TPSA) is 46.3 Å². The van der Waals surface area contributed by atoms with E-state index in [0.717, 1.165) is 8.95 Å². The molecule has 6 heteroatoms. The van der Waals surface area contributed by atoms with E-state index >= 15 is 0 Å². The highest BCUT2D eigenvalue weighted by Crippen LogP contribution is 2.23. The quantitative estimate of drug-likeness (QED) is 0.821. The maximum atomic E-state index is 12.2. The molecule has 0 saturated heterocycles. The number of nitrogens with zero attached hydrogens (tertiary/aromatic N) is 1. The summed E-state index contributed by atoms with van der Waals surface area (Å²) in [6.45, 7) is 1.80. The summed E-state index contributed by atoms with van der Waals surface area (Å²) >= 11 is 11.6. The third kappa shape index (κ3) is 3.50. The van der Waals surface area contributed by atoms with Crippen LogP contribution in [-0.2, 0) is 0 Å². The predicted octanol–water partition coefficient (Wildman–Crippen LogP) is 2.96. The molecule has 1 atom stereocenters. The highest BCUT2D eigenvalue weighted by Gasteiger charge is 2.21. The van der Waals surface area contributed by atoms with Gasteiger partial charge in [-0.05, 0) is 41.1 Å². The van der Waals surface area contributed by atoms with Crippen molar-refractivity contribution in [3.63, 3.8) is 0 Å². The first-order chi connectivity index (χ1) is 7.84. The SMILES string of the molecule is CC(C(N)=S)N(C)C(=O)c1cc(Br)ccc1Br. The lowest BCUT2D eigenvalue weighted by Crippen LogP contribution is -2.42. The van der Waals surface area contributed by atoms with Crippen LogP contribution in [0.5, 0.6) is 0 Å². The molecular weight excluding hydrogens is 368 g/mol. The van der Waals surface area contributed by atoms with Crippen molar-refractivity contribution < 1.29 is 4.79 Å². The van der Waals surface area contributed by atoms with E-state index in [1.807, 2.05) is 12.1 Å². The van der Waals surface area contributed by atoms with Crippen molar-refractivity contribution in [3.05, 3.63) is 32.7 Å². The van der Waals surface area contributed by atoms with Crippen molar-refractivity contribution in [3.8, 4) is 0 Å². The van der Waals surface area contributed by atoms with Gasteiger partial charge in [0.05, 0.1) is 16.6 Å². The standard InChI is InChI=1S/C11H12Br2N2OS/c1-6(10(14)17)15(2)11(16)8-5-7(12)3-4-9(8)13/h3-6H,1-2H3,(H2,14,17). The lowest BCUT2D eigenvalue weighted by molar-refractivity contribution is 0.0778. The van der Waals surface area contributed by atoms with Gasteiger partial charge >= 0.3 is 0 Å². The van der Waals surface area contributed by atoms with Gasteiger partial charge in [-0.3, -0.25) is 4.79 Å². The first-order valence-corrected chi connectivity index (χ1v) is 6.85. The smallest absolute Gasteiger partial charge is 0.255 e. The summed E-state index contributed by atoms with van der Waals surface area (Å²) < 4.78 is 1.59. The van der Waals surface area contributed by atoms with Crippen LogP contribution in [0.15, 0.2) is 27.1 Å². The van der Waals surface area contributed by atoms with Gasteiger partial charge in [-0.1, -0.05) is 28.1 Å². The Labute approximate surface area is 123 Å². The van der Waals surface area contributed by atoms with E-state index in [1.165, 1.54) is 4.90 Å². The van der Waals surface area contributed by atoms with Crippen LogP contribution in [-0.4, -0.2) is 28.9 Å². The third-order valence-electron chi connectivity index (χ3n) is 2.47. The van der Waals surface area contributed by atoms with Gasteiger partial charge in [0.25, 0.3) is 5.91 Å². The van der Waals surface area contributed by atoms with E-state index in [1.54, 1.807) is 20.0 Å². The second-order valence-electron chi connectivity index (χ2n) is 3.62. The summed E-state index contributed by atoms with van der Waals surface area (Å²) in [5, 5.41) is 0. The van der Waals surface area contributed by atoms with E-state index < -0.39 is 0 Å². The Bertz CT molecular complexity index is 465. The van der Waals surface area contributed by atoms with Crippen LogP contribution in [0, 0.1) is 0 Å². The molecule has 0 aliphatic heterocycles. The molecule has 17 heavy (non-hydrogen) atoms. The molecule has 1 unspecified atom stereocenters.